The van der Waals surface area contributed by atoms with Gasteiger partial charge in [-0.25, -0.2) is 0 Å². The van der Waals surface area contributed by atoms with Crippen LogP contribution < -0.4 is 5.19 Å². The highest BCUT2D eigenvalue weighted by atomic mass is 28.3. The van der Waals surface area contributed by atoms with Gasteiger partial charge in [0, 0.05) is 0 Å². The van der Waals surface area contributed by atoms with Crippen molar-refractivity contribution < 1.29 is 0 Å². The predicted molar refractivity (Wildman–Crippen MR) is 79.3 cm³/mol. The van der Waals surface area contributed by atoms with E-state index in [-0.39, 0.29) is 5.41 Å². The van der Waals surface area contributed by atoms with E-state index in [9.17, 15) is 0 Å². The third kappa shape index (κ3) is 3.41. The fourth-order valence-electron chi connectivity index (χ4n) is 2.42. The van der Waals surface area contributed by atoms with Crippen molar-refractivity contribution in [1.29, 1.82) is 0 Å². The second-order valence-corrected chi connectivity index (χ2v) is 9.57. The highest BCUT2D eigenvalue weighted by molar-refractivity contribution is 6.68. The van der Waals surface area contributed by atoms with Gasteiger partial charge in [-0.05, 0) is 44.4 Å². The lowest BCUT2D eigenvalue weighted by atomic mass is 9.87. The zero-order chi connectivity index (χ0) is 13.2. The van der Waals surface area contributed by atoms with Crippen LogP contribution in [0.3, 0.4) is 0 Å². The van der Waals surface area contributed by atoms with Gasteiger partial charge < -0.3 is 9.13 Å². The first-order valence-electron chi connectivity index (χ1n) is 6.17. The molecule has 0 amide bonds. The Morgan fingerprint density at radius 3 is 1.76 bits per heavy atom. The molecule has 0 spiro atoms. The van der Waals surface area contributed by atoms with E-state index in [0.717, 1.165) is 0 Å². The smallest absolute Gasteiger partial charge is 0.222 e. The predicted octanol–water partition coefficient (Wildman–Crippen LogP) is 1.53. The summed E-state index contributed by atoms with van der Waals surface area (Å²) in [6.45, 7) is 6.88. The van der Waals surface area contributed by atoms with E-state index in [0.29, 0.717) is 0 Å². The summed E-state index contributed by atoms with van der Waals surface area (Å²) in [7, 11) is 7.55. The molecule has 0 saturated carbocycles. The van der Waals surface area contributed by atoms with Crippen LogP contribution in [-0.4, -0.2) is 46.4 Å². The van der Waals surface area contributed by atoms with Crippen LogP contribution in [0.5, 0.6) is 0 Å². The van der Waals surface area contributed by atoms with Gasteiger partial charge in [-0.3, -0.25) is 0 Å². The zero-order valence-electron chi connectivity index (χ0n) is 12.3. The highest BCUT2D eigenvalue weighted by Crippen LogP contribution is 2.21. The number of benzene rings is 1. The van der Waals surface area contributed by atoms with E-state index in [2.05, 4.69) is 82.4 Å². The number of rotatable bonds is 3. The van der Waals surface area contributed by atoms with Crippen LogP contribution in [-0.2, 0) is 5.41 Å². The average molecular weight is 250 g/mol. The Morgan fingerprint density at radius 1 is 0.882 bits per heavy atom. The molecule has 17 heavy (non-hydrogen) atoms. The monoisotopic (exact) mass is 250 g/mol. The summed E-state index contributed by atoms with van der Waals surface area (Å²) in [6, 6.07) is 8.90. The first-order valence-corrected chi connectivity index (χ1v) is 7.78. The van der Waals surface area contributed by atoms with Gasteiger partial charge in [-0.2, -0.15) is 0 Å². The SMILES string of the molecule is CN(C)[SiH](c1ccccc1C(C)(C)C)N(C)C. The lowest BCUT2D eigenvalue weighted by Crippen LogP contribution is -2.56. The normalized spacial score (nSPS) is 12.8. The molecule has 0 saturated heterocycles. The summed E-state index contributed by atoms with van der Waals surface area (Å²) >= 11 is 0. The summed E-state index contributed by atoms with van der Waals surface area (Å²) in [4.78, 5) is 0. The largest absolute Gasteiger partial charge is 0.316 e. The average Bonchev–Trinajstić information content (AvgIpc) is 2.15. The Morgan fingerprint density at radius 2 is 1.35 bits per heavy atom. The standard InChI is InChI=1S/C14H26N2Si/c1-14(2,3)12-10-8-9-11-13(12)17(15(4)5)16(6)7/h8-11,17H,1-7H3. The number of nitrogens with zero attached hydrogens (tertiary/aromatic N) is 2. The molecule has 1 aromatic rings. The van der Waals surface area contributed by atoms with E-state index in [1.807, 2.05) is 0 Å². The molecule has 0 fully saturated rings. The van der Waals surface area contributed by atoms with Gasteiger partial charge in [0.25, 0.3) is 0 Å². The molecule has 0 aliphatic rings. The third-order valence-electron chi connectivity index (χ3n) is 3.03. The second kappa shape index (κ2) is 5.34. The molecule has 0 N–H and O–H groups in total. The minimum absolute atomic E-state index is 0.216. The van der Waals surface area contributed by atoms with Crippen LogP contribution in [0.1, 0.15) is 26.3 Å². The minimum atomic E-state index is -1.21. The van der Waals surface area contributed by atoms with Crippen molar-refractivity contribution in [2.45, 2.75) is 26.2 Å². The highest BCUT2D eigenvalue weighted by Gasteiger charge is 2.26. The number of hydrogen-bond donors (Lipinski definition) is 0. The zero-order valence-corrected chi connectivity index (χ0v) is 13.4. The number of hydrogen-bond acceptors (Lipinski definition) is 2. The molecule has 3 heteroatoms. The third-order valence-corrected chi connectivity index (χ3v) is 6.04. The van der Waals surface area contributed by atoms with Crippen molar-refractivity contribution >= 4 is 14.3 Å². The van der Waals surface area contributed by atoms with E-state index >= 15 is 0 Å². The lowest BCUT2D eigenvalue weighted by Gasteiger charge is -2.33. The maximum Gasteiger partial charge on any atom is 0.222 e. The molecule has 0 heterocycles. The molecular formula is C14H26N2Si. The van der Waals surface area contributed by atoms with Gasteiger partial charge in [0.2, 0.25) is 9.12 Å². The Hall–Kier alpha value is -0.643. The van der Waals surface area contributed by atoms with Gasteiger partial charge >= 0.3 is 0 Å². The molecule has 96 valence electrons. The van der Waals surface area contributed by atoms with Crippen LogP contribution in [0, 0.1) is 0 Å². The van der Waals surface area contributed by atoms with Gasteiger partial charge in [0.05, 0.1) is 0 Å². The Labute approximate surface area is 108 Å². The van der Waals surface area contributed by atoms with Crippen molar-refractivity contribution in [1.82, 2.24) is 9.13 Å². The van der Waals surface area contributed by atoms with Crippen LogP contribution in [0.25, 0.3) is 0 Å². The molecule has 0 aliphatic heterocycles. The maximum atomic E-state index is 2.39. The van der Waals surface area contributed by atoms with Crippen LogP contribution in [0.2, 0.25) is 0 Å². The van der Waals surface area contributed by atoms with Crippen molar-refractivity contribution in [3.05, 3.63) is 29.8 Å². The van der Waals surface area contributed by atoms with Crippen LogP contribution in [0.4, 0.5) is 0 Å². The summed E-state index contributed by atoms with van der Waals surface area (Å²) < 4.78 is 4.79. The molecule has 0 bridgehead atoms. The first-order chi connectivity index (χ1) is 7.75. The topological polar surface area (TPSA) is 6.48 Å². The van der Waals surface area contributed by atoms with Crippen molar-refractivity contribution in [2.75, 3.05) is 28.2 Å². The van der Waals surface area contributed by atoms with E-state index in [1.54, 1.807) is 0 Å². The van der Waals surface area contributed by atoms with Gasteiger partial charge in [0.1, 0.15) is 0 Å². The maximum absolute atomic E-state index is 2.39. The molecule has 2 nitrogen and oxygen atoms in total. The molecule has 0 radical (unpaired) electrons. The molecule has 1 aromatic carbocycles. The molecule has 0 aliphatic carbocycles. The van der Waals surface area contributed by atoms with Gasteiger partial charge in [-0.15, -0.1) is 0 Å². The lowest BCUT2D eigenvalue weighted by molar-refractivity contribution is 0.527. The molecular weight excluding hydrogens is 224 g/mol. The van der Waals surface area contributed by atoms with Crippen molar-refractivity contribution in [3.8, 4) is 0 Å². The Bertz CT molecular complexity index is 359. The summed E-state index contributed by atoms with van der Waals surface area (Å²) in [6.07, 6.45) is 0. The second-order valence-electron chi connectivity index (χ2n) is 6.14. The fraction of sp³-hybridized carbons (Fsp3) is 0.571. The van der Waals surface area contributed by atoms with Crippen molar-refractivity contribution in [2.24, 2.45) is 0 Å². The molecule has 0 atom stereocenters. The fourth-order valence-corrected chi connectivity index (χ4v) is 5.55. The first kappa shape index (κ1) is 14.4. The quantitative estimate of drug-likeness (QED) is 0.751. The summed E-state index contributed by atoms with van der Waals surface area (Å²) in [5.74, 6) is 0. The molecule has 0 aromatic heterocycles. The Balaban J connectivity index is 3.29. The van der Waals surface area contributed by atoms with E-state index in [4.69, 9.17) is 0 Å². The molecule has 0 unspecified atom stereocenters. The molecule has 1 rings (SSSR count). The van der Waals surface area contributed by atoms with E-state index in [1.165, 1.54) is 10.8 Å². The van der Waals surface area contributed by atoms with Crippen molar-refractivity contribution in [3.63, 3.8) is 0 Å². The summed E-state index contributed by atoms with van der Waals surface area (Å²) in [5, 5.41) is 1.54. The van der Waals surface area contributed by atoms with Crippen LogP contribution >= 0.6 is 0 Å². The summed E-state index contributed by atoms with van der Waals surface area (Å²) in [5.41, 5.74) is 1.70. The van der Waals surface area contributed by atoms with Gasteiger partial charge in [0.15, 0.2) is 0 Å². The van der Waals surface area contributed by atoms with Gasteiger partial charge in [-0.1, -0.05) is 45.0 Å². The minimum Gasteiger partial charge on any atom is -0.316 e. The Kier molecular flexibility index (Phi) is 4.53. The van der Waals surface area contributed by atoms with E-state index < -0.39 is 9.12 Å². The van der Waals surface area contributed by atoms with Crippen LogP contribution in [0.15, 0.2) is 24.3 Å².